The molecule has 2 rings (SSSR count). The van der Waals surface area contributed by atoms with Crippen molar-refractivity contribution in [2.45, 2.75) is 64.9 Å². The van der Waals surface area contributed by atoms with Crippen LogP contribution in [0, 0.1) is 11.8 Å². The van der Waals surface area contributed by atoms with Crippen molar-refractivity contribution in [3.05, 3.63) is 29.8 Å². The molecule has 0 aliphatic heterocycles. The molecule has 1 aliphatic rings. The van der Waals surface area contributed by atoms with Crippen LogP contribution in [0.5, 0.6) is 5.75 Å². The summed E-state index contributed by atoms with van der Waals surface area (Å²) in [5.74, 6) is 1.60. The first-order valence-electron chi connectivity index (χ1n) is 11.6. The Kier molecular flexibility index (Phi) is 11.3. The summed E-state index contributed by atoms with van der Waals surface area (Å²) in [5, 5.41) is 9.44. The largest absolute Gasteiger partial charge is 0.508 e. The summed E-state index contributed by atoms with van der Waals surface area (Å²) in [6.07, 6.45) is 5.57. The van der Waals surface area contributed by atoms with Crippen molar-refractivity contribution < 1.29 is 28.8 Å². The SMILES string of the molecule is CC(C)(C)OC(=O)CCOCCC1CC1CCOCCOCCCc1cccc(O)c1. The van der Waals surface area contributed by atoms with Gasteiger partial charge < -0.3 is 24.1 Å². The number of hydrogen-bond donors (Lipinski definition) is 1. The Hall–Kier alpha value is -1.63. The molecular formula is C25H40O6. The van der Waals surface area contributed by atoms with Crippen LogP contribution in [0.1, 0.15) is 58.4 Å². The van der Waals surface area contributed by atoms with Crippen molar-refractivity contribution >= 4 is 5.97 Å². The molecule has 0 heterocycles. The fraction of sp³-hybridized carbons (Fsp3) is 0.720. The third-order valence-corrected chi connectivity index (χ3v) is 5.24. The summed E-state index contributed by atoms with van der Waals surface area (Å²) < 4.78 is 22.1. The van der Waals surface area contributed by atoms with Crippen LogP contribution >= 0.6 is 0 Å². The Balaban J connectivity index is 1.33. The highest BCUT2D eigenvalue weighted by atomic mass is 16.6. The van der Waals surface area contributed by atoms with Crippen molar-refractivity contribution in [3.8, 4) is 5.75 Å². The molecule has 1 saturated carbocycles. The number of esters is 1. The Morgan fingerprint density at radius 1 is 0.968 bits per heavy atom. The molecule has 1 N–H and O–H groups in total. The number of phenols is 1. The molecule has 1 aromatic carbocycles. The maximum atomic E-state index is 11.6. The van der Waals surface area contributed by atoms with Crippen LogP contribution in [-0.4, -0.2) is 56.3 Å². The van der Waals surface area contributed by atoms with Gasteiger partial charge in [-0.05, 0) is 82.4 Å². The number of aryl methyl sites for hydroxylation is 1. The molecular weight excluding hydrogens is 396 g/mol. The molecule has 0 amide bonds. The van der Waals surface area contributed by atoms with E-state index >= 15 is 0 Å². The minimum absolute atomic E-state index is 0.200. The number of phenolic OH excluding ortho intramolecular Hbond substituents is 1. The third-order valence-electron chi connectivity index (χ3n) is 5.24. The van der Waals surface area contributed by atoms with E-state index in [9.17, 15) is 9.90 Å². The first kappa shape index (κ1) is 25.6. The molecule has 176 valence electrons. The molecule has 1 aromatic rings. The molecule has 0 aromatic heterocycles. The van der Waals surface area contributed by atoms with E-state index in [0.717, 1.165) is 49.7 Å². The van der Waals surface area contributed by atoms with Gasteiger partial charge in [0.05, 0.1) is 26.2 Å². The molecule has 6 nitrogen and oxygen atoms in total. The zero-order valence-corrected chi connectivity index (χ0v) is 19.4. The lowest BCUT2D eigenvalue weighted by molar-refractivity contribution is -0.156. The van der Waals surface area contributed by atoms with Gasteiger partial charge in [-0.25, -0.2) is 0 Å². The van der Waals surface area contributed by atoms with E-state index in [1.165, 1.54) is 6.42 Å². The summed E-state index contributed by atoms with van der Waals surface area (Å²) >= 11 is 0. The molecule has 1 fully saturated rings. The van der Waals surface area contributed by atoms with Gasteiger partial charge in [-0.2, -0.15) is 0 Å². The van der Waals surface area contributed by atoms with Crippen molar-refractivity contribution in [1.82, 2.24) is 0 Å². The highest BCUT2D eigenvalue weighted by Crippen LogP contribution is 2.43. The molecule has 0 spiro atoms. The number of carbonyl (C=O) groups is 1. The first-order valence-corrected chi connectivity index (χ1v) is 11.6. The summed E-state index contributed by atoms with van der Waals surface area (Å²) in [4.78, 5) is 11.6. The number of benzene rings is 1. The number of aromatic hydroxyl groups is 1. The molecule has 2 unspecified atom stereocenters. The van der Waals surface area contributed by atoms with Gasteiger partial charge >= 0.3 is 5.97 Å². The lowest BCUT2D eigenvalue weighted by Crippen LogP contribution is -2.24. The van der Waals surface area contributed by atoms with Crippen LogP contribution in [0.25, 0.3) is 0 Å². The van der Waals surface area contributed by atoms with Crippen LogP contribution in [0.15, 0.2) is 24.3 Å². The smallest absolute Gasteiger partial charge is 0.308 e. The molecule has 2 atom stereocenters. The normalized spacial score (nSPS) is 18.2. The number of rotatable bonds is 16. The fourth-order valence-electron chi connectivity index (χ4n) is 3.55. The minimum atomic E-state index is -0.430. The second kappa shape index (κ2) is 13.7. The molecule has 6 heteroatoms. The average molecular weight is 437 g/mol. The summed E-state index contributed by atoms with van der Waals surface area (Å²) in [6.45, 7) is 9.51. The van der Waals surface area contributed by atoms with E-state index in [-0.39, 0.29) is 5.97 Å². The van der Waals surface area contributed by atoms with E-state index in [0.29, 0.717) is 45.2 Å². The highest BCUT2D eigenvalue weighted by molar-refractivity contribution is 5.69. The number of hydrogen-bond acceptors (Lipinski definition) is 6. The van der Waals surface area contributed by atoms with Crippen molar-refractivity contribution in [1.29, 1.82) is 0 Å². The average Bonchev–Trinajstić information content (AvgIpc) is 3.43. The lowest BCUT2D eigenvalue weighted by Gasteiger charge is -2.19. The summed E-state index contributed by atoms with van der Waals surface area (Å²) in [6, 6.07) is 7.36. The predicted molar refractivity (Wildman–Crippen MR) is 120 cm³/mol. The van der Waals surface area contributed by atoms with Crippen molar-refractivity contribution in [3.63, 3.8) is 0 Å². The van der Waals surface area contributed by atoms with Crippen LogP contribution in [0.2, 0.25) is 0 Å². The Morgan fingerprint density at radius 2 is 1.61 bits per heavy atom. The van der Waals surface area contributed by atoms with Gasteiger partial charge in [0.15, 0.2) is 0 Å². The molecule has 0 radical (unpaired) electrons. The zero-order chi connectivity index (χ0) is 22.5. The molecule has 31 heavy (non-hydrogen) atoms. The quantitative estimate of drug-likeness (QED) is 0.303. The van der Waals surface area contributed by atoms with Crippen LogP contribution < -0.4 is 0 Å². The van der Waals surface area contributed by atoms with E-state index in [4.69, 9.17) is 18.9 Å². The molecule has 0 bridgehead atoms. The summed E-state index contributed by atoms with van der Waals surface area (Å²) in [5.41, 5.74) is 0.702. The standard InChI is InChI=1S/C25H40O6/c1-25(2,3)31-24(27)11-15-29-13-9-21-19-22(21)10-14-30-17-16-28-12-5-7-20-6-4-8-23(26)18-20/h4,6,8,18,21-22,26H,5,7,9-17,19H2,1-3H3. The fourth-order valence-corrected chi connectivity index (χ4v) is 3.55. The Morgan fingerprint density at radius 3 is 2.26 bits per heavy atom. The monoisotopic (exact) mass is 436 g/mol. The van der Waals surface area contributed by atoms with Gasteiger partial charge in [-0.15, -0.1) is 0 Å². The minimum Gasteiger partial charge on any atom is -0.508 e. The second-order valence-electron chi connectivity index (χ2n) is 9.28. The second-order valence-corrected chi connectivity index (χ2v) is 9.28. The lowest BCUT2D eigenvalue weighted by atomic mass is 10.1. The van der Waals surface area contributed by atoms with Crippen molar-refractivity contribution in [2.75, 3.05) is 39.6 Å². The van der Waals surface area contributed by atoms with E-state index in [1.807, 2.05) is 32.9 Å². The van der Waals surface area contributed by atoms with Gasteiger partial charge in [0.25, 0.3) is 0 Å². The number of carbonyl (C=O) groups excluding carboxylic acids is 1. The Labute approximate surface area is 187 Å². The van der Waals surface area contributed by atoms with E-state index in [2.05, 4.69) is 0 Å². The van der Waals surface area contributed by atoms with Gasteiger partial charge in [0.1, 0.15) is 11.4 Å². The predicted octanol–water partition coefficient (Wildman–Crippen LogP) is 4.52. The first-order chi connectivity index (χ1) is 14.8. The van der Waals surface area contributed by atoms with E-state index in [1.54, 1.807) is 12.1 Å². The van der Waals surface area contributed by atoms with Crippen LogP contribution in [0.4, 0.5) is 0 Å². The zero-order valence-electron chi connectivity index (χ0n) is 19.4. The van der Waals surface area contributed by atoms with Gasteiger partial charge in [-0.1, -0.05) is 12.1 Å². The van der Waals surface area contributed by atoms with E-state index < -0.39 is 5.60 Å². The van der Waals surface area contributed by atoms with Gasteiger partial charge in [-0.3, -0.25) is 4.79 Å². The molecule has 1 aliphatic carbocycles. The van der Waals surface area contributed by atoms with Crippen molar-refractivity contribution in [2.24, 2.45) is 11.8 Å². The number of ether oxygens (including phenoxy) is 4. The van der Waals surface area contributed by atoms with Gasteiger partial charge in [0, 0.05) is 19.8 Å². The Bertz CT molecular complexity index is 639. The maximum Gasteiger partial charge on any atom is 0.308 e. The molecule has 0 saturated heterocycles. The highest BCUT2D eigenvalue weighted by Gasteiger charge is 2.35. The van der Waals surface area contributed by atoms with Crippen LogP contribution in [-0.2, 0) is 30.2 Å². The summed E-state index contributed by atoms with van der Waals surface area (Å²) in [7, 11) is 0. The third kappa shape index (κ3) is 12.7. The van der Waals surface area contributed by atoms with Gasteiger partial charge in [0.2, 0.25) is 0 Å². The van der Waals surface area contributed by atoms with Crippen LogP contribution in [0.3, 0.4) is 0 Å². The maximum absolute atomic E-state index is 11.6. The topological polar surface area (TPSA) is 74.2 Å².